The molecule has 0 amide bonds. The van der Waals surface area contributed by atoms with Gasteiger partial charge in [0.25, 0.3) is 0 Å². The molecule has 0 N–H and O–H groups in total. The number of nitrogens with zero attached hydrogens (tertiary/aromatic N) is 3. The van der Waals surface area contributed by atoms with Crippen molar-refractivity contribution in [2.75, 3.05) is 23.9 Å². The van der Waals surface area contributed by atoms with E-state index in [1.807, 2.05) is 19.9 Å². The lowest BCUT2D eigenvalue weighted by atomic mass is 10.1. The summed E-state index contributed by atoms with van der Waals surface area (Å²) >= 11 is 5.19. The van der Waals surface area contributed by atoms with Crippen LogP contribution in [0.3, 0.4) is 0 Å². The van der Waals surface area contributed by atoms with Crippen LogP contribution in [0, 0.1) is 12.8 Å². The first-order chi connectivity index (χ1) is 14.2. The van der Waals surface area contributed by atoms with Gasteiger partial charge < -0.3 is 4.90 Å². The molecule has 1 aromatic heterocycles. The molecule has 1 unspecified atom stereocenters. The Balaban J connectivity index is 0.00000103. The van der Waals surface area contributed by atoms with Gasteiger partial charge in [0, 0.05) is 30.7 Å². The van der Waals surface area contributed by atoms with Crippen molar-refractivity contribution in [1.82, 2.24) is 9.78 Å². The van der Waals surface area contributed by atoms with E-state index in [-0.39, 0.29) is 0 Å². The molecule has 0 radical (unpaired) electrons. The molecule has 0 aliphatic heterocycles. The molecule has 0 bridgehead atoms. The van der Waals surface area contributed by atoms with Crippen LogP contribution in [-0.2, 0) is 6.18 Å². The molecule has 1 heterocycles. The number of anilines is 1. The van der Waals surface area contributed by atoms with Crippen LogP contribution in [0.15, 0.2) is 30.3 Å². The fourth-order valence-corrected chi connectivity index (χ4v) is 2.86. The minimum atomic E-state index is -4.32. The third-order valence-corrected chi connectivity index (χ3v) is 5.29. The zero-order chi connectivity index (χ0) is 22.7. The quantitative estimate of drug-likeness (QED) is 0.373. The monoisotopic (exact) mass is 445 g/mol. The average Bonchev–Trinajstić information content (AvgIpc) is 3.11. The molecule has 3 nitrogen and oxygen atoms in total. The second kappa shape index (κ2) is 12.9. The van der Waals surface area contributed by atoms with Gasteiger partial charge in [-0.1, -0.05) is 34.1 Å². The van der Waals surface area contributed by atoms with Crippen LogP contribution in [0.4, 0.5) is 19.0 Å². The van der Waals surface area contributed by atoms with Crippen molar-refractivity contribution < 1.29 is 13.2 Å². The molecule has 0 fully saturated rings. The second-order valence-corrected chi connectivity index (χ2v) is 7.96. The molecule has 1 atom stereocenters. The molecule has 0 saturated heterocycles. The first kappa shape index (κ1) is 26.3. The summed E-state index contributed by atoms with van der Waals surface area (Å²) in [6.45, 7) is 12.4. The van der Waals surface area contributed by atoms with Crippen molar-refractivity contribution in [3.63, 3.8) is 0 Å². The molecule has 0 aliphatic carbocycles. The molecule has 0 saturated carbocycles. The van der Waals surface area contributed by atoms with E-state index in [4.69, 9.17) is 11.6 Å². The van der Waals surface area contributed by atoms with Gasteiger partial charge in [0.15, 0.2) is 5.82 Å². The number of alkyl halides is 4. The highest BCUT2D eigenvalue weighted by Gasteiger charge is 2.30. The van der Waals surface area contributed by atoms with E-state index in [0.29, 0.717) is 11.6 Å². The number of benzene rings is 1. The van der Waals surface area contributed by atoms with Crippen LogP contribution < -0.4 is 4.90 Å². The maximum Gasteiger partial charge on any atom is 0.416 e. The minimum absolute atomic E-state index is 0.639. The van der Waals surface area contributed by atoms with E-state index >= 15 is 0 Å². The van der Waals surface area contributed by atoms with E-state index in [0.717, 1.165) is 68.3 Å². The van der Waals surface area contributed by atoms with Crippen molar-refractivity contribution in [3.8, 4) is 5.69 Å². The molecule has 170 valence electrons. The number of halogens is 4. The van der Waals surface area contributed by atoms with Crippen molar-refractivity contribution in [2.45, 2.75) is 66.5 Å². The molecule has 1 aromatic carbocycles. The topological polar surface area (TPSA) is 21.1 Å². The van der Waals surface area contributed by atoms with Gasteiger partial charge in [0.1, 0.15) is 0 Å². The smallest absolute Gasteiger partial charge is 0.355 e. The third-order valence-electron chi connectivity index (χ3n) is 4.91. The Morgan fingerprint density at radius 3 is 2.13 bits per heavy atom. The van der Waals surface area contributed by atoms with Crippen LogP contribution >= 0.6 is 11.6 Å². The Hall–Kier alpha value is -1.69. The Kier molecular flexibility index (Phi) is 11.3. The van der Waals surface area contributed by atoms with Crippen LogP contribution in [0.2, 0.25) is 0 Å². The number of hydrogen-bond donors (Lipinski definition) is 0. The summed E-state index contributed by atoms with van der Waals surface area (Å²) in [5.74, 6) is 2.33. The molecule has 2 aromatic rings. The van der Waals surface area contributed by atoms with Gasteiger partial charge in [-0.3, -0.25) is 0 Å². The number of hydrogen-bond acceptors (Lipinski definition) is 2. The van der Waals surface area contributed by atoms with Crippen molar-refractivity contribution in [1.29, 1.82) is 0 Å². The number of rotatable bonds is 9. The second-order valence-electron chi connectivity index (χ2n) is 7.58. The van der Waals surface area contributed by atoms with E-state index in [2.05, 4.69) is 30.8 Å². The van der Waals surface area contributed by atoms with Gasteiger partial charge >= 0.3 is 6.18 Å². The Morgan fingerprint density at radius 1 is 1.07 bits per heavy atom. The highest BCUT2D eigenvalue weighted by Crippen LogP contribution is 2.30. The summed E-state index contributed by atoms with van der Waals surface area (Å²) in [6, 6.07) is 7.14. The Morgan fingerprint density at radius 2 is 1.67 bits per heavy atom. The van der Waals surface area contributed by atoms with E-state index < -0.39 is 11.7 Å². The maximum absolute atomic E-state index is 12.7. The van der Waals surface area contributed by atoms with Gasteiger partial charge in [-0.05, 0) is 56.4 Å². The van der Waals surface area contributed by atoms with Crippen molar-refractivity contribution in [3.05, 3.63) is 41.6 Å². The van der Waals surface area contributed by atoms with Gasteiger partial charge in [0.05, 0.1) is 11.3 Å². The predicted molar refractivity (Wildman–Crippen MR) is 121 cm³/mol. The summed E-state index contributed by atoms with van der Waals surface area (Å²) < 4.78 is 39.9. The fraction of sp³-hybridized carbons (Fsp3) is 0.609. The van der Waals surface area contributed by atoms with Gasteiger partial charge in [-0.2, -0.15) is 18.3 Å². The van der Waals surface area contributed by atoms with Gasteiger partial charge in [-0.15, -0.1) is 11.6 Å². The molecule has 30 heavy (non-hydrogen) atoms. The van der Waals surface area contributed by atoms with Crippen molar-refractivity contribution >= 4 is 17.4 Å². The van der Waals surface area contributed by atoms with E-state index in [1.165, 1.54) is 12.1 Å². The number of aryl methyl sites for hydroxylation is 1. The SMILES string of the molecule is CCCCl.CCCN(CCC(C)CC)c1cc(C)n(-c2ccc(C(F)(F)F)cc2)n1. The Labute approximate surface area is 184 Å². The zero-order valence-corrected chi connectivity index (χ0v) is 19.5. The fourth-order valence-electron chi connectivity index (χ4n) is 2.86. The summed E-state index contributed by atoms with van der Waals surface area (Å²) in [6.07, 6.45) is 0.0344. The average molecular weight is 446 g/mol. The van der Waals surface area contributed by atoms with Crippen molar-refractivity contribution in [2.24, 2.45) is 5.92 Å². The third kappa shape index (κ3) is 8.21. The highest BCUT2D eigenvalue weighted by molar-refractivity contribution is 6.17. The van der Waals surface area contributed by atoms with Crippen LogP contribution in [0.5, 0.6) is 0 Å². The molecular formula is C23H35ClF3N3. The first-order valence-corrected chi connectivity index (χ1v) is 11.3. The predicted octanol–water partition coefficient (Wildman–Crippen LogP) is 7.49. The lowest BCUT2D eigenvalue weighted by molar-refractivity contribution is -0.137. The molecular weight excluding hydrogens is 411 g/mol. The summed E-state index contributed by atoms with van der Waals surface area (Å²) in [7, 11) is 0. The first-order valence-electron chi connectivity index (χ1n) is 10.7. The maximum atomic E-state index is 12.7. The molecule has 0 spiro atoms. The van der Waals surface area contributed by atoms with Gasteiger partial charge in [0.2, 0.25) is 0 Å². The van der Waals surface area contributed by atoms with Crippen LogP contribution in [0.25, 0.3) is 5.69 Å². The largest absolute Gasteiger partial charge is 0.416 e. The molecule has 0 aliphatic rings. The van der Waals surface area contributed by atoms with Crippen LogP contribution in [0.1, 0.15) is 64.6 Å². The zero-order valence-electron chi connectivity index (χ0n) is 18.8. The van der Waals surface area contributed by atoms with Gasteiger partial charge in [-0.25, -0.2) is 4.68 Å². The molecule has 7 heteroatoms. The number of aromatic nitrogens is 2. The van der Waals surface area contributed by atoms with E-state index in [1.54, 1.807) is 4.68 Å². The summed E-state index contributed by atoms with van der Waals surface area (Å²) in [5, 5.41) is 4.66. The minimum Gasteiger partial charge on any atom is -0.355 e. The molecule has 2 rings (SSSR count). The normalized spacial score (nSPS) is 12.3. The lowest BCUT2D eigenvalue weighted by Gasteiger charge is -2.23. The summed E-state index contributed by atoms with van der Waals surface area (Å²) in [5.41, 5.74) is 0.900. The lowest BCUT2D eigenvalue weighted by Crippen LogP contribution is -2.27. The van der Waals surface area contributed by atoms with Crippen LogP contribution in [-0.4, -0.2) is 28.8 Å². The van der Waals surface area contributed by atoms with E-state index in [9.17, 15) is 13.2 Å². The standard InChI is InChI=1S/C20H28F3N3.C3H7Cl/c1-5-12-25(13-11-15(3)6-2)19-14-16(4)26(24-19)18-9-7-17(8-10-18)20(21,22)23;1-2-3-4/h7-10,14-15H,5-6,11-13H2,1-4H3;2-3H2,1H3. The summed E-state index contributed by atoms with van der Waals surface area (Å²) in [4.78, 5) is 2.26. The Bertz CT molecular complexity index is 724. The highest BCUT2D eigenvalue weighted by atomic mass is 35.5.